The zero-order chi connectivity index (χ0) is 12.6. The van der Waals surface area contributed by atoms with Crippen LogP contribution < -0.4 is 0 Å². The number of hydrogen-bond acceptors (Lipinski definition) is 4. The molecule has 1 fully saturated rings. The molecule has 100 valence electrons. The Bertz CT molecular complexity index is 226. The van der Waals surface area contributed by atoms with Crippen molar-refractivity contribution in [3.8, 4) is 0 Å². The maximum Gasteiger partial charge on any atom is 0.500 e. The summed E-state index contributed by atoms with van der Waals surface area (Å²) >= 11 is 0. The number of hydrogen-bond donors (Lipinski definition) is 0. The Hall–Kier alpha value is -0.233. The van der Waals surface area contributed by atoms with E-state index in [9.17, 15) is 0 Å². The van der Waals surface area contributed by atoms with Gasteiger partial charge in [-0.3, -0.25) is 4.99 Å². The van der Waals surface area contributed by atoms with Crippen LogP contribution in [0.25, 0.3) is 0 Å². The van der Waals surface area contributed by atoms with E-state index in [1.807, 2.05) is 0 Å². The summed E-state index contributed by atoms with van der Waals surface area (Å²) < 4.78 is 16.1. The lowest BCUT2D eigenvalue weighted by molar-refractivity contribution is 0.123. The van der Waals surface area contributed by atoms with Crippen LogP contribution >= 0.6 is 0 Å². The fourth-order valence-corrected chi connectivity index (χ4v) is 3.91. The van der Waals surface area contributed by atoms with E-state index in [1.54, 1.807) is 21.3 Å². The molecule has 0 unspecified atom stereocenters. The van der Waals surface area contributed by atoms with Crippen LogP contribution in [0.15, 0.2) is 4.99 Å². The minimum absolute atomic E-state index is 0.841. The third-order valence-electron chi connectivity index (χ3n) is 3.34. The van der Waals surface area contributed by atoms with Gasteiger partial charge >= 0.3 is 8.80 Å². The molecule has 17 heavy (non-hydrogen) atoms. The average molecular weight is 259 g/mol. The molecule has 0 aromatic heterocycles. The van der Waals surface area contributed by atoms with Crippen LogP contribution in [0.2, 0.25) is 6.04 Å². The third-order valence-corrected chi connectivity index (χ3v) is 6.17. The van der Waals surface area contributed by atoms with E-state index in [4.69, 9.17) is 13.3 Å². The van der Waals surface area contributed by atoms with Crippen LogP contribution in [0.1, 0.15) is 38.5 Å². The van der Waals surface area contributed by atoms with Crippen molar-refractivity contribution in [2.45, 2.75) is 44.6 Å². The maximum atomic E-state index is 5.37. The Kier molecular flexibility index (Phi) is 6.95. The van der Waals surface area contributed by atoms with Gasteiger partial charge in [-0.15, -0.1) is 0 Å². The van der Waals surface area contributed by atoms with Crippen LogP contribution in [0, 0.1) is 0 Å². The molecule has 1 aliphatic carbocycles. The van der Waals surface area contributed by atoms with Crippen LogP contribution in [-0.2, 0) is 13.3 Å². The van der Waals surface area contributed by atoms with E-state index in [0.29, 0.717) is 0 Å². The standard InChI is InChI=1S/C12H25NO3Si/c1-14-17(15-2,16-3)11-7-10-13-12-8-5-4-6-9-12/h4-11H2,1-3H3. The van der Waals surface area contributed by atoms with E-state index in [-0.39, 0.29) is 0 Å². The van der Waals surface area contributed by atoms with Gasteiger partial charge in [0.2, 0.25) is 0 Å². The highest BCUT2D eigenvalue weighted by atomic mass is 28.4. The molecular formula is C12H25NO3Si. The molecule has 5 heteroatoms. The summed E-state index contributed by atoms with van der Waals surface area (Å²) in [5.74, 6) is 0. The van der Waals surface area contributed by atoms with Crippen molar-refractivity contribution >= 4 is 14.5 Å². The lowest BCUT2D eigenvalue weighted by Gasteiger charge is -2.23. The van der Waals surface area contributed by atoms with E-state index in [2.05, 4.69) is 4.99 Å². The highest BCUT2D eigenvalue weighted by Crippen LogP contribution is 2.17. The predicted molar refractivity (Wildman–Crippen MR) is 71.6 cm³/mol. The smallest absolute Gasteiger partial charge is 0.377 e. The number of aliphatic imine (C=N–C) groups is 1. The van der Waals surface area contributed by atoms with Crippen molar-refractivity contribution in [1.82, 2.24) is 0 Å². The van der Waals surface area contributed by atoms with Gasteiger partial charge in [0.15, 0.2) is 0 Å². The Morgan fingerprint density at radius 2 is 1.59 bits per heavy atom. The highest BCUT2D eigenvalue weighted by Gasteiger charge is 2.36. The highest BCUT2D eigenvalue weighted by molar-refractivity contribution is 6.60. The topological polar surface area (TPSA) is 40.0 Å². The summed E-state index contributed by atoms with van der Waals surface area (Å²) in [7, 11) is 2.60. The Morgan fingerprint density at radius 3 is 2.12 bits per heavy atom. The zero-order valence-corrected chi connectivity index (χ0v) is 12.3. The van der Waals surface area contributed by atoms with Crippen molar-refractivity contribution in [3.63, 3.8) is 0 Å². The first-order valence-corrected chi connectivity index (χ1v) is 8.37. The van der Waals surface area contributed by atoms with E-state index in [0.717, 1.165) is 19.0 Å². The van der Waals surface area contributed by atoms with Gasteiger partial charge in [-0.25, -0.2) is 0 Å². The molecule has 1 saturated carbocycles. The fraction of sp³-hybridized carbons (Fsp3) is 0.917. The molecule has 1 rings (SSSR count). The molecule has 0 spiro atoms. The van der Waals surface area contributed by atoms with Gasteiger partial charge < -0.3 is 13.3 Å². The summed E-state index contributed by atoms with van der Waals surface area (Å²) in [5.41, 5.74) is 1.40. The van der Waals surface area contributed by atoms with E-state index < -0.39 is 8.80 Å². The van der Waals surface area contributed by atoms with E-state index in [1.165, 1.54) is 37.8 Å². The molecule has 0 aromatic rings. The lowest BCUT2D eigenvalue weighted by Crippen LogP contribution is -2.42. The molecule has 0 amide bonds. The molecule has 0 bridgehead atoms. The molecule has 0 saturated heterocycles. The molecule has 0 aromatic carbocycles. The maximum absolute atomic E-state index is 5.37. The Morgan fingerprint density at radius 1 is 1.00 bits per heavy atom. The second-order valence-corrected chi connectivity index (χ2v) is 7.50. The molecule has 0 radical (unpaired) electrons. The molecule has 1 aliphatic rings. The quantitative estimate of drug-likeness (QED) is 0.521. The third kappa shape index (κ3) is 4.87. The van der Waals surface area contributed by atoms with Gasteiger partial charge in [-0.05, 0) is 32.1 Å². The molecular weight excluding hydrogens is 234 g/mol. The van der Waals surface area contributed by atoms with Gasteiger partial charge in [-0.2, -0.15) is 0 Å². The minimum atomic E-state index is -2.37. The second-order valence-electron chi connectivity index (χ2n) is 4.41. The van der Waals surface area contributed by atoms with Gasteiger partial charge in [0.1, 0.15) is 0 Å². The first kappa shape index (κ1) is 14.8. The molecule has 4 nitrogen and oxygen atoms in total. The van der Waals surface area contributed by atoms with Gasteiger partial charge in [0.25, 0.3) is 0 Å². The van der Waals surface area contributed by atoms with Crippen LogP contribution in [-0.4, -0.2) is 42.4 Å². The number of nitrogens with zero attached hydrogens (tertiary/aromatic N) is 1. The number of rotatable bonds is 7. The van der Waals surface area contributed by atoms with Crippen molar-refractivity contribution in [2.75, 3.05) is 27.9 Å². The molecule has 0 heterocycles. The lowest BCUT2D eigenvalue weighted by atomic mass is 9.98. The summed E-state index contributed by atoms with van der Waals surface area (Å²) in [5, 5.41) is 0. The molecule has 0 atom stereocenters. The van der Waals surface area contributed by atoms with Gasteiger partial charge in [-0.1, -0.05) is 6.42 Å². The van der Waals surface area contributed by atoms with Crippen LogP contribution in [0.4, 0.5) is 0 Å². The summed E-state index contributed by atoms with van der Waals surface area (Å²) in [6, 6.07) is 0.841. The summed E-state index contributed by atoms with van der Waals surface area (Å²) in [6.07, 6.45) is 7.36. The van der Waals surface area contributed by atoms with Crippen LogP contribution in [0.3, 0.4) is 0 Å². The largest absolute Gasteiger partial charge is 0.500 e. The first-order valence-electron chi connectivity index (χ1n) is 6.44. The van der Waals surface area contributed by atoms with Crippen molar-refractivity contribution in [2.24, 2.45) is 4.99 Å². The van der Waals surface area contributed by atoms with Crippen molar-refractivity contribution < 1.29 is 13.3 Å². The van der Waals surface area contributed by atoms with Crippen molar-refractivity contribution in [3.05, 3.63) is 0 Å². The first-order chi connectivity index (χ1) is 8.26. The Balaban J connectivity index is 2.26. The van der Waals surface area contributed by atoms with Gasteiger partial charge in [0, 0.05) is 39.6 Å². The average Bonchev–Trinajstić information content (AvgIpc) is 2.41. The normalized spacial score (nSPS) is 17.2. The second kappa shape index (κ2) is 7.97. The van der Waals surface area contributed by atoms with Crippen LogP contribution in [0.5, 0.6) is 0 Å². The molecule has 0 aliphatic heterocycles. The van der Waals surface area contributed by atoms with E-state index >= 15 is 0 Å². The SMILES string of the molecule is CO[Si](CCCN=C1CCCCC1)(OC)OC. The summed E-state index contributed by atoms with van der Waals surface area (Å²) in [6.45, 7) is 0.875. The zero-order valence-electron chi connectivity index (χ0n) is 11.3. The predicted octanol–water partition coefficient (Wildman–Crippen LogP) is 2.66. The molecule has 0 N–H and O–H groups in total. The monoisotopic (exact) mass is 259 g/mol. The van der Waals surface area contributed by atoms with Crippen molar-refractivity contribution in [1.29, 1.82) is 0 Å². The van der Waals surface area contributed by atoms with Gasteiger partial charge in [0.05, 0.1) is 0 Å². The summed E-state index contributed by atoms with van der Waals surface area (Å²) in [4.78, 5) is 4.66. The minimum Gasteiger partial charge on any atom is -0.377 e. The fourth-order valence-electron chi connectivity index (χ4n) is 2.21. The Labute approximate surface area is 106 Å².